The van der Waals surface area contributed by atoms with Crippen LogP contribution in [0.3, 0.4) is 0 Å². The van der Waals surface area contributed by atoms with Crippen LogP contribution in [0.1, 0.15) is 11.7 Å². The number of rotatable bonds is 2. The van der Waals surface area contributed by atoms with Crippen LogP contribution in [0.2, 0.25) is 0 Å². The minimum Gasteiger partial charge on any atom is -0.378 e. The average molecular weight is 192 g/mol. The van der Waals surface area contributed by atoms with Crippen LogP contribution in [0, 0.1) is 0 Å². The van der Waals surface area contributed by atoms with Gasteiger partial charge in [0.05, 0.1) is 12.8 Å². The number of benzene rings is 1. The fourth-order valence-corrected chi connectivity index (χ4v) is 1.61. The largest absolute Gasteiger partial charge is 0.378 e. The fourth-order valence-electron chi connectivity index (χ4n) is 1.61. The van der Waals surface area contributed by atoms with E-state index in [0.29, 0.717) is 6.73 Å². The Balaban J connectivity index is 2.12. The highest BCUT2D eigenvalue weighted by atomic mass is 16.5. The van der Waals surface area contributed by atoms with Gasteiger partial charge in [0.15, 0.2) is 0 Å². The monoisotopic (exact) mass is 192 g/mol. The van der Waals surface area contributed by atoms with Crippen molar-refractivity contribution in [2.45, 2.75) is 6.10 Å². The normalized spacial score (nSPS) is 21.1. The van der Waals surface area contributed by atoms with Crippen molar-refractivity contribution in [2.24, 2.45) is 0 Å². The SMILES string of the molecule is CN(C)c1ccc(C2CNCO2)cc1. The van der Waals surface area contributed by atoms with Crippen molar-refractivity contribution >= 4 is 5.69 Å². The molecule has 0 bridgehead atoms. The summed E-state index contributed by atoms with van der Waals surface area (Å²) in [4.78, 5) is 2.09. The number of ether oxygens (including phenoxy) is 1. The Bertz CT molecular complexity index is 289. The maximum absolute atomic E-state index is 5.51. The van der Waals surface area contributed by atoms with Crippen molar-refractivity contribution in [2.75, 3.05) is 32.3 Å². The molecule has 0 radical (unpaired) electrons. The van der Waals surface area contributed by atoms with Crippen molar-refractivity contribution in [3.8, 4) is 0 Å². The molecule has 1 heterocycles. The van der Waals surface area contributed by atoms with E-state index in [1.54, 1.807) is 0 Å². The molecule has 1 aromatic rings. The van der Waals surface area contributed by atoms with E-state index in [-0.39, 0.29) is 6.10 Å². The molecule has 1 saturated heterocycles. The van der Waals surface area contributed by atoms with E-state index in [2.05, 4.69) is 34.5 Å². The average Bonchev–Trinajstić information content (AvgIpc) is 2.71. The van der Waals surface area contributed by atoms with Gasteiger partial charge in [0.1, 0.15) is 0 Å². The summed E-state index contributed by atoms with van der Waals surface area (Å²) in [5.74, 6) is 0. The predicted octanol–water partition coefficient (Wildman–Crippen LogP) is 1.37. The first-order valence-corrected chi connectivity index (χ1v) is 4.87. The van der Waals surface area contributed by atoms with E-state index >= 15 is 0 Å². The molecular weight excluding hydrogens is 176 g/mol. The lowest BCUT2D eigenvalue weighted by Gasteiger charge is -2.14. The van der Waals surface area contributed by atoms with Crippen LogP contribution in [-0.2, 0) is 4.74 Å². The second-order valence-corrected chi connectivity index (χ2v) is 3.74. The smallest absolute Gasteiger partial charge is 0.0975 e. The Morgan fingerprint density at radius 2 is 2.00 bits per heavy atom. The van der Waals surface area contributed by atoms with Crippen molar-refractivity contribution in [3.05, 3.63) is 29.8 Å². The van der Waals surface area contributed by atoms with E-state index in [9.17, 15) is 0 Å². The first kappa shape index (κ1) is 9.49. The molecule has 1 atom stereocenters. The van der Waals surface area contributed by atoms with E-state index < -0.39 is 0 Å². The quantitative estimate of drug-likeness (QED) is 0.766. The molecule has 0 amide bonds. The zero-order valence-corrected chi connectivity index (χ0v) is 8.66. The summed E-state index contributed by atoms with van der Waals surface area (Å²) < 4.78 is 5.51. The molecule has 1 unspecified atom stereocenters. The Kier molecular flexibility index (Phi) is 2.70. The molecular formula is C11H16N2O. The van der Waals surface area contributed by atoms with E-state index in [1.165, 1.54) is 11.3 Å². The van der Waals surface area contributed by atoms with Gasteiger partial charge >= 0.3 is 0 Å². The van der Waals surface area contributed by atoms with Crippen LogP contribution in [-0.4, -0.2) is 27.4 Å². The van der Waals surface area contributed by atoms with Crippen molar-refractivity contribution in [3.63, 3.8) is 0 Å². The fraction of sp³-hybridized carbons (Fsp3) is 0.455. The molecule has 1 aliphatic rings. The Morgan fingerprint density at radius 1 is 1.29 bits per heavy atom. The van der Waals surface area contributed by atoms with Gasteiger partial charge < -0.3 is 9.64 Å². The summed E-state index contributed by atoms with van der Waals surface area (Å²) >= 11 is 0. The van der Waals surface area contributed by atoms with Crippen LogP contribution < -0.4 is 10.2 Å². The second kappa shape index (κ2) is 3.98. The zero-order chi connectivity index (χ0) is 9.97. The molecule has 0 spiro atoms. The standard InChI is InChI=1S/C11H16N2O/c1-13(2)10-5-3-9(4-6-10)11-7-12-8-14-11/h3-6,11-12H,7-8H2,1-2H3. The summed E-state index contributed by atoms with van der Waals surface area (Å²) in [6, 6.07) is 8.51. The van der Waals surface area contributed by atoms with Crippen LogP contribution in [0.25, 0.3) is 0 Å². The maximum atomic E-state index is 5.51. The number of nitrogens with one attached hydrogen (secondary N) is 1. The van der Waals surface area contributed by atoms with Crippen LogP contribution in [0.5, 0.6) is 0 Å². The van der Waals surface area contributed by atoms with Crippen molar-refractivity contribution in [1.29, 1.82) is 0 Å². The van der Waals surface area contributed by atoms with Crippen LogP contribution in [0.4, 0.5) is 5.69 Å². The third kappa shape index (κ3) is 1.89. The molecule has 2 rings (SSSR count). The molecule has 76 valence electrons. The third-order valence-corrected chi connectivity index (χ3v) is 2.50. The van der Waals surface area contributed by atoms with Gasteiger partial charge in [0.25, 0.3) is 0 Å². The molecule has 1 aliphatic heterocycles. The molecule has 3 nitrogen and oxygen atoms in total. The Morgan fingerprint density at radius 3 is 2.50 bits per heavy atom. The van der Waals surface area contributed by atoms with E-state index in [4.69, 9.17) is 4.74 Å². The lowest BCUT2D eigenvalue weighted by molar-refractivity contribution is 0.114. The molecule has 1 fully saturated rings. The minimum absolute atomic E-state index is 0.228. The van der Waals surface area contributed by atoms with Gasteiger partial charge in [-0.1, -0.05) is 12.1 Å². The highest BCUT2D eigenvalue weighted by Crippen LogP contribution is 2.22. The Hall–Kier alpha value is -1.06. The summed E-state index contributed by atoms with van der Waals surface area (Å²) in [5.41, 5.74) is 2.47. The molecule has 3 heteroatoms. The first-order valence-electron chi connectivity index (χ1n) is 4.87. The summed E-state index contributed by atoms with van der Waals surface area (Å²) in [5, 5.41) is 3.18. The molecule has 0 saturated carbocycles. The number of nitrogens with zero attached hydrogens (tertiary/aromatic N) is 1. The highest BCUT2D eigenvalue weighted by Gasteiger charge is 2.16. The van der Waals surface area contributed by atoms with Crippen molar-refractivity contribution in [1.82, 2.24) is 5.32 Å². The highest BCUT2D eigenvalue weighted by molar-refractivity contribution is 5.46. The van der Waals surface area contributed by atoms with Crippen LogP contribution >= 0.6 is 0 Å². The summed E-state index contributed by atoms with van der Waals surface area (Å²) in [7, 11) is 4.09. The molecule has 1 N–H and O–H groups in total. The summed E-state index contributed by atoms with van der Waals surface area (Å²) in [6.45, 7) is 1.58. The van der Waals surface area contributed by atoms with E-state index in [0.717, 1.165) is 6.54 Å². The Labute approximate surface area is 84.7 Å². The van der Waals surface area contributed by atoms with Crippen LogP contribution in [0.15, 0.2) is 24.3 Å². The van der Waals surface area contributed by atoms with Gasteiger partial charge in [0.2, 0.25) is 0 Å². The predicted molar refractivity (Wildman–Crippen MR) is 57.5 cm³/mol. The maximum Gasteiger partial charge on any atom is 0.0975 e. The van der Waals surface area contributed by atoms with Gasteiger partial charge in [-0.25, -0.2) is 0 Å². The molecule has 0 aromatic heterocycles. The van der Waals surface area contributed by atoms with Gasteiger partial charge in [-0.05, 0) is 17.7 Å². The van der Waals surface area contributed by atoms with Crippen molar-refractivity contribution < 1.29 is 4.74 Å². The van der Waals surface area contributed by atoms with Gasteiger partial charge in [0, 0.05) is 26.3 Å². The summed E-state index contributed by atoms with van der Waals surface area (Å²) in [6.07, 6.45) is 0.228. The van der Waals surface area contributed by atoms with Gasteiger partial charge in [-0.2, -0.15) is 0 Å². The molecule has 14 heavy (non-hydrogen) atoms. The van der Waals surface area contributed by atoms with Gasteiger partial charge in [-0.3, -0.25) is 5.32 Å². The third-order valence-electron chi connectivity index (χ3n) is 2.50. The number of hydrogen-bond donors (Lipinski definition) is 1. The molecule has 0 aliphatic carbocycles. The first-order chi connectivity index (χ1) is 6.77. The molecule has 1 aromatic carbocycles. The lowest BCUT2D eigenvalue weighted by Crippen LogP contribution is -2.10. The lowest BCUT2D eigenvalue weighted by atomic mass is 10.1. The number of hydrogen-bond acceptors (Lipinski definition) is 3. The minimum atomic E-state index is 0.228. The zero-order valence-electron chi connectivity index (χ0n) is 8.66. The van der Waals surface area contributed by atoms with Gasteiger partial charge in [-0.15, -0.1) is 0 Å². The number of anilines is 1. The van der Waals surface area contributed by atoms with E-state index in [1.807, 2.05) is 14.1 Å². The second-order valence-electron chi connectivity index (χ2n) is 3.74. The topological polar surface area (TPSA) is 24.5 Å².